The van der Waals surface area contributed by atoms with Crippen molar-refractivity contribution in [3.63, 3.8) is 0 Å². The third-order valence-electron chi connectivity index (χ3n) is 7.46. The van der Waals surface area contributed by atoms with Gasteiger partial charge in [-0.3, -0.25) is 19.2 Å². The minimum atomic E-state index is -0.242. The zero-order valence-electron chi connectivity index (χ0n) is 32.5. The normalized spacial score (nSPS) is 10.7. The fraction of sp³-hybridized carbons (Fsp3) is 0.415. The lowest BCUT2D eigenvalue weighted by Gasteiger charge is -2.08. The van der Waals surface area contributed by atoms with Crippen molar-refractivity contribution in [2.45, 2.75) is 20.3 Å². The van der Waals surface area contributed by atoms with E-state index in [0.717, 1.165) is 34.4 Å². The Labute approximate surface area is 325 Å². The molecule has 0 spiro atoms. The van der Waals surface area contributed by atoms with Gasteiger partial charge in [-0.2, -0.15) is 0 Å². The summed E-state index contributed by atoms with van der Waals surface area (Å²) in [5.41, 5.74) is 5.98. The lowest BCUT2D eigenvalue weighted by molar-refractivity contribution is -0.127. The first-order valence-corrected chi connectivity index (χ1v) is 18.4. The van der Waals surface area contributed by atoms with Gasteiger partial charge in [0.1, 0.15) is 26.4 Å². The minimum absolute atomic E-state index is 0.0108. The summed E-state index contributed by atoms with van der Waals surface area (Å²) in [4.78, 5) is 46.5. The third kappa shape index (κ3) is 22.1. The van der Waals surface area contributed by atoms with E-state index in [4.69, 9.17) is 18.9 Å². The molecule has 3 rings (SSSR count). The van der Waals surface area contributed by atoms with Crippen LogP contribution in [0.5, 0.6) is 0 Å². The van der Waals surface area contributed by atoms with Crippen molar-refractivity contribution in [3.05, 3.63) is 90.0 Å². The van der Waals surface area contributed by atoms with Crippen molar-refractivity contribution in [1.82, 2.24) is 21.3 Å². The Kier molecular flexibility index (Phi) is 24.7. The lowest BCUT2D eigenvalue weighted by Crippen LogP contribution is -2.33. The fourth-order valence-electron chi connectivity index (χ4n) is 4.64. The predicted octanol–water partition coefficient (Wildman–Crippen LogP) is 3.25. The molecule has 0 aromatic heterocycles. The van der Waals surface area contributed by atoms with Crippen molar-refractivity contribution in [1.29, 1.82) is 0 Å². The van der Waals surface area contributed by atoms with Crippen LogP contribution in [0.4, 0.5) is 11.4 Å². The van der Waals surface area contributed by atoms with E-state index in [2.05, 4.69) is 69.2 Å². The maximum atomic E-state index is 12.0. The van der Waals surface area contributed by atoms with Gasteiger partial charge in [-0.25, -0.2) is 0 Å². The highest BCUT2D eigenvalue weighted by Crippen LogP contribution is 2.22. The van der Waals surface area contributed by atoms with Crippen LogP contribution >= 0.6 is 0 Å². The SMILES string of the molecule is CC=Cc1ccc(-c2ccc(NC(=O)COCCOCC(=O)NCCNC)cc2)cc1.CCc1cccc(NC(=O)COCCOCC(=O)NCCNC)c1. The first-order chi connectivity index (χ1) is 26.8. The molecule has 14 nitrogen and oxygen atoms in total. The first kappa shape index (κ1) is 46.2. The van der Waals surface area contributed by atoms with Crippen molar-refractivity contribution in [3.8, 4) is 11.1 Å². The average Bonchev–Trinajstić information content (AvgIpc) is 3.19. The number of rotatable bonds is 25. The van der Waals surface area contributed by atoms with Crippen molar-refractivity contribution < 1.29 is 38.1 Å². The second kappa shape index (κ2) is 29.4. The molecule has 0 saturated carbocycles. The molecule has 300 valence electrons. The van der Waals surface area contributed by atoms with E-state index in [1.807, 2.05) is 75.6 Å². The zero-order valence-corrected chi connectivity index (χ0v) is 32.5. The van der Waals surface area contributed by atoms with Gasteiger partial charge in [0, 0.05) is 37.6 Å². The van der Waals surface area contributed by atoms with E-state index in [-0.39, 0.29) is 76.5 Å². The predicted molar refractivity (Wildman–Crippen MR) is 217 cm³/mol. The number of anilines is 2. The Bertz CT molecular complexity index is 1570. The molecule has 0 saturated heterocycles. The smallest absolute Gasteiger partial charge is 0.250 e. The highest BCUT2D eigenvalue weighted by Gasteiger charge is 2.06. The number of aryl methyl sites for hydroxylation is 1. The Morgan fingerprint density at radius 3 is 1.47 bits per heavy atom. The summed E-state index contributed by atoms with van der Waals surface area (Å²) in [7, 11) is 3.63. The zero-order chi connectivity index (χ0) is 39.9. The number of hydrogen-bond acceptors (Lipinski definition) is 10. The maximum absolute atomic E-state index is 12.0. The molecule has 0 heterocycles. The second-order valence-corrected chi connectivity index (χ2v) is 12.0. The molecule has 6 N–H and O–H groups in total. The molecule has 0 fully saturated rings. The summed E-state index contributed by atoms with van der Waals surface area (Å²) in [5, 5.41) is 16.8. The number of allylic oxidation sites excluding steroid dienone is 1. The van der Waals surface area contributed by atoms with E-state index >= 15 is 0 Å². The number of hydrogen-bond donors (Lipinski definition) is 6. The number of nitrogens with one attached hydrogen (secondary N) is 6. The number of carbonyl (C=O) groups is 4. The van der Waals surface area contributed by atoms with Crippen LogP contribution in [0.3, 0.4) is 0 Å². The summed E-state index contributed by atoms with van der Waals surface area (Å²) < 4.78 is 20.9. The Hall–Kier alpha value is -4.96. The van der Waals surface area contributed by atoms with Crippen LogP contribution in [-0.2, 0) is 44.5 Å². The van der Waals surface area contributed by atoms with Crippen LogP contribution in [0, 0.1) is 0 Å². The lowest BCUT2D eigenvalue weighted by atomic mass is 10.0. The molecular weight excluding hydrogens is 704 g/mol. The average molecular weight is 763 g/mol. The van der Waals surface area contributed by atoms with E-state index in [1.165, 1.54) is 0 Å². The number of carbonyl (C=O) groups excluding carboxylic acids is 4. The van der Waals surface area contributed by atoms with Crippen LogP contribution in [-0.4, -0.2) is 117 Å². The summed E-state index contributed by atoms with van der Waals surface area (Å²) in [5.74, 6) is -0.801. The van der Waals surface area contributed by atoms with Gasteiger partial charge in [-0.15, -0.1) is 0 Å². The topological polar surface area (TPSA) is 177 Å². The van der Waals surface area contributed by atoms with Gasteiger partial charge >= 0.3 is 0 Å². The molecular formula is C41H58N6O8. The molecule has 0 aliphatic rings. The summed E-state index contributed by atoms with van der Waals surface area (Å²) in [6.45, 7) is 7.43. The summed E-state index contributed by atoms with van der Waals surface area (Å²) in [6, 6.07) is 23.7. The molecule has 0 aliphatic carbocycles. The van der Waals surface area contributed by atoms with Crippen molar-refractivity contribution in [2.24, 2.45) is 0 Å². The van der Waals surface area contributed by atoms with E-state index in [9.17, 15) is 19.2 Å². The fourth-order valence-corrected chi connectivity index (χ4v) is 4.64. The van der Waals surface area contributed by atoms with Crippen LogP contribution < -0.4 is 31.9 Å². The quantitative estimate of drug-likeness (QED) is 0.0703. The number of amides is 4. The Morgan fingerprint density at radius 1 is 0.564 bits per heavy atom. The van der Waals surface area contributed by atoms with Gasteiger partial charge in [0.05, 0.1) is 26.4 Å². The molecule has 0 radical (unpaired) electrons. The van der Waals surface area contributed by atoms with E-state index in [0.29, 0.717) is 31.9 Å². The van der Waals surface area contributed by atoms with E-state index < -0.39 is 0 Å². The van der Waals surface area contributed by atoms with Crippen LogP contribution in [0.1, 0.15) is 25.0 Å². The Morgan fingerprint density at radius 2 is 1.02 bits per heavy atom. The van der Waals surface area contributed by atoms with Crippen molar-refractivity contribution >= 4 is 41.1 Å². The minimum Gasteiger partial charge on any atom is -0.369 e. The van der Waals surface area contributed by atoms with Gasteiger partial charge in [0.2, 0.25) is 23.6 Å². The molecule has 0 aliphatic heterocycles. The first-order valence-electron chi connectivity index (χ1n) is 18.4. The number of likely N-dealkylation sites (N-methyl/N-ethyl adjacent to an activating group) is 2. The monoisotopic (exact) mass is 762 g/mol. The molecule has 3 aromatic rings. The third-order valence-corrected chi connectivity index (χ3v) is 7.46. The summed E-state index contributed by atoms with van der Waals surface area (Å²) in [6.07, 6.45) is 4.98. The molecule has 0 atom stereocenters. The van der Waals surface area contributed by atoms with Crippen LogP contribution in [0.25, 0.3) is 17.2 Å². The van der Waals surface area contributed by atoms with Crippen LogP contribution in [0.15, 0.2) is 78.9 Å². The highest BCUT2D eigenvalue weighted by atomic mass is 16.5. The molecule has 14 heteroatoms. The van der Waals surface area contributed by atoms with Crippen molar-refractivity contribution in [2.75, 3.05) is 104 Å². The van der Waals surface area contributed by atoms with Gasteiger partial charge < -0.3 is 50.8 Å². The molecule has 0 bridgehead atoms. The largest absolute Gasteiger partial charge is 0.369 e. The molecule has 55 heavy (non-hydrogen) atoms. The maximum Gasteiger partial charge on any atom is 0.250 e. The second-order valence-electron chi connectivity index (χ2n) is 12.0. The highest BCUT2D eigenvalue weighted by molar-refractivity contribution is 5.92. The van der Waals surface area contributed by atoms with Gasteiger partial charge in [-0.1, -0.05) is 67.6 Å². The molecule has 3 aromatic carbocycles. The van der Waals surface area contributed by atoms with Gasteiger partial charge in [0.25, 0.3) is 0 Å². The van der Waals surface area contributed by atoms with Gasteiger partial charge in [-0.05, 0) is 74.0 Å². The standard InChI is InChI=1S/C24H31N3O4.C17H27N3O4/c1-3-4-19-5-7-20(8-6-19)21-9-11-22(12-10-21)27-24(29)18-31-16-15-30-17-23(28)26-14-13-25-2;1-3-14-5-4-6-15(11-14)20-17(22)13-24-10-9-23-12-16(21)19-8-7-18-2/h3-12,25H,13-18H2,1-2H3,(H,26,28)(H,27,29);4-6,11,18H,3,7-10,12-13H2,1-2H3,(H,19,21)(H,20,22). The summed E-state index contributed by atoms with van der Waals surface area (Å²) >= 11 is 0. The molecule has 0 unspecified atom stereocenters. The van der Waals surface area contributed by atoms with Crippen LogP contribution in [0.2, 0.25) is 0 Å². The van der Waals surface area contributed by atoms with Gasteiger partial charge in [0.15, 0.2) is 0 Å². The Balaban J connectivity index is 0.000000393. The van der Waals surface area contributed by atoms with E-state index in [1.54, 1.807) is 0 Å². The molecule has 4 amide bonds. The number of ether oxygens (including phenoxy) is 4. The number of benzene rings is 3.